The van der Waals surface area contributed by atoms with E-state index in [0.29, 0.717) is 12.0 Å². The van der Waals surface area contributed by atoms with Crippen LogP contribution in [0.5, 0.6) is 0 Å². The molecule has 0 saturated carbocycles. The average Bonchev–Trinajstić information content (AvgIpc) is 2.36. The van der Waals surface area contributed by atoms with E-state index >= 15 is 0 Å². The molecular weight excluding hydrogens is 268 g/mol. The van der Waals surface area contributed by atoms with Gasteiger partial charge in [-0.2, -0.15) is 0 Å². The minimum atomic E-state index is -0.856. The molecule has 0 spiro atoms. The number of amides is 1. The normalized spacial score (nSPS) is 11.5. The Bertz CT molecular complexity index is 493. The van der Waals surface area contributed by atoms with Crippen LogP contribution in [-0.2, 0) is 11.3 Å². The number of carboxylic acids is 1. The van der Waals surface area contributed by atoms with Crippen molar-refractivity contribution < 1.29 is 14.7 Å². The predicted molar refractivity (Wildman–Crippen MR) is 82.2 cm³/mol. The molecule has 0 aliphatic carbocycles. The van der Waals surface area contributed by atoms with Gasteiger partial charge in [-0.3, -0.25) is 9.59 Å². The molecule has 2 N–H and O–H groups in total. The number of nitrogens with zero attached hydrogens (tertiary/aromatic N) is 1. The number of benzene rings is 1. The van der Waals surface area contributed by atoms with E-state index in [9.17, 15) is 9.59 Å². The number of hydrogen-bond donors (Lipinski definition) is 2. The van der Waals surface area contributed by atoms with E-state index < -0.39 is 11.5 Å². The quantitative estimate of drug-likeness (QED) is 0.807. The molecule has 0 aliphatic heterocycles. The van der Waals surface area contributed by atoms with Crippen molar-refractivity contribution in [2.45, 2.75) is 38.8 Å². The number of rotatable bonds is 7. The van der Waals surface area contributed by atoms with Crippen molar-refractivity contribution in [3.63, 3.8) is 0 Å². The maximum Gasteiger partial charge on any atom is 0.303 e. The summed E-state index contributed by atoms with van der Waals surface area (Å²) in [6.07, 6.45) is 0.432. The van der Waals surface area contributed by atoms with Crippen molar-refractivity contribution in [3.05, 3.63) is 35.4 Å². The first-order valence-electron chi connectivity index (χ1n) is 6.97. The van der Waals surface area contributed by atoms with Crippen molar-refractivity contribution in [3.8, 4) is 0 Å². The fourth-order valence-corrected chi connectivity index (χ4v) is 1.99. The standard InChI is InChI=1S/C16H24N2O3/c1-16(2,10-9-14(19)20)17-15(21)13-7-5-12(6-8-13)11-18(3)4/h5-8H,9-11H2,1-4H3,(H,17,21)(H,19,20). The smallest absolute Gasteiger partial charge is 0.303 e. The van der Waals surface area contributed by atoms with Gasteiger partial charge in [0.1, 0.15) is 0 Å². The molecule has 0 radical (unpaired) electrons. The monoisotopic (exact) mass is 292 g/mol. The van der Waals surface area contributed by atoms with Crippen LogP contribution < -0.4 is 5.32 Å². The van der Waals surface area contributed by atoms with Crippen LogP contribution in [0, 0.1) is 0 Å². The molecule has 0 fully saturated rings. The third-order valence-corrected chi connectivity index (χ3v) is 3.13. The van der Waals surface area contributed by atoms with Crippen molar-refractivity contribution in [2.75, 3.05) is 14.1 Å². The summed E-state index contributed by atoms with van der Waals surface area (Å²) in [5.41, 5.74) is 1.18. The van der Waals surface area contributed by atoms with Crippen LogP contribution in [0.15, 0.2) is 24.3 Å². The van der Waals surface area contributed by atoms with Gasteiger partial charge in [-0.1, -0.05) is 12.1 Å². The summed E-state index contributed by atoms with van der Waals surface area (Å²) in [7, 11) is 3.98. The lowest BCUT2D eigenvalue weighted by atomic mass is 9.97. The molecule has 5 heteroatoms. The Labute approximate surface area is 126 Å². The predicted octanol–water partition coefficient (Wildman–Crippen LogP) is 2.12. The van der Waals surface area contributed by atoms with E-state index in [2.05, 4.69) is 10.2 Å². The van der Waals surface area contributed by atoms with Gasteiger partial charge in [0.05, 0.1) is 0 Å². The summed E-state index contributed by atoms with van der Waals surface area (Å²) in [5, 5.41) is 11.6. The number of hydrogen-bond acceptors (Lipinski definition) is 3. The van der Waals surface area contributed by atoms with Crippen LogP contribution in [0.2, 0.25) is 0 Å². The minimum absolute atomic E-state index is 0.0368. The van der Waals surface area contributed by atoms with E-state index in [-0.39, 0.29) is 12.3 Å². The van der Waals surface area contributed by atoms with Crippen molar-refractivity contribution in [1.82, 2.24) is 10.2 Å². The molecule has 0 heterocycles. The number of nitrogens with one attached hydrogen (secondary N) is 1. The van der Waals surface area contributed by atoms with Crippen LogP contribution in [0.1, 0.15) is 42.6 Å². The molecule has 1 aromatic rings. The average molecular weight is 292 g/mol. The second-order valence-electron chi connectivity index (χ2n) is 6.17. The molecule has 0 aliphatic rings. The summed E-state index contributed by atoms with van der Waals surface area (Å²) in [6, 6.07) is 7.45. The second-order valence-corrected chi connectivity index (χ2v) is 6.17. The Balaban J connectivity index is 2.64. The third kappa shape index (κ3) is 6.40. The summed E-state index contributed by atoms with van der Waals surface area (Å²) in [6.45, 7) is 4.48. The van der Waals surface area contributed by atoms with E-state index in [1.54, 1.807) is 12.1 Å². The third-order valence-electron chi connectivity index (χ3n) is 3.13. The van der Waals surface area contributed by atoms with Crippen LogP contribution in [0.25, 0.3) is 0 Å². The number of carbonyl (C=O) groups is 2. The first-order chi connectivity index (χ1) is 9.69. The Kier molecular flexibility index (Phi) is 5.90. The van der Waals surface area contributed by atoms with Crippen molar-refractivity contribution in [1.29, 1.82) is 0 Å². The number of aliphatic carboxylic acids is 1. The molecule has 0 bridgehead atoms. The summed E-state index contributed by atoms with van der Waals surface area (Å²) >= 11 is 0. The van der Waals surface area contributed by atoms with E-state index in [4.69, 9.17) is 5.11 Å². The zero-order valence-electron chi connectivity index (χ0n) is 13.1. The molecular formula is C16H24N2O3. The zero-order valence-corrected chi connectivity index (χ0v) is 13.1. The molecule has 5 nitrogen and oxygen atoms in total. The van der Waals surface area contributed by atoms with Crippen LogP contribution >= 0.6 is 0 Å². The lowest BCUT2D eigenvalue weighted by Gasteiger charge is -2.25. The second kappa shape index (κ2) is 7.22. The van der Waals surface area contributed by atoms with E-state index in [1.165, 1.54) is 0 Å². The van der Waals surface area contributed by atoms with Gasteiger partial charge in [-0.15, -0.1) is 0 Å². The maximum atomic E-state index is 12.2. The Morgan fingerprint density at radius 2 is 1.76 bits per heavy atom. The highest BCUT2D eigenvalue weighted by molar-refractivity contribution is 5.94. The van der Waals surface area contributed by atoms with Gasteiger partial charge >= 0.3 is 5.97 Å². The molecule has 1 aromatic carbocycles. The molecule has 1 amide bonds. The largest absolute Gasteiger partial charge is 0.481 e. The van der Waals surface area contributed by atoms with Crippen LogP contribution in [0.4, 0.5) is 0 Å². The molecule has 0 aromatic heterocycles. The summed E-state index contributed by atoms with van der Waals surface area (Å²) < 4.78 is 0. The van der Waals surface area contributed by atoms with Gasteiger partial charge < -0.3 is 15.3 Å². The van der Waals surface area contributed by atoms with Gasteiger partial charge in [0.15, 0.2) is 0 Å². The fourth-order valence-electron chi connectivity index (χ4n) is 1.99. The molecule has 0 saturated heterocycles. The molecule has 1 rings (SSSR count). The Hall–Kier alpha value is -1.88. The van der Waals surface area contributed by atoms with Gasteiger partial charge in [0, 0.05) is 24.1 Å². The minimum Gasteiger partial charge on any atom is -0.481 e. The molecule has 21 heavy (non-hydrogen) atoms. The first kappa shape index (κ1) is 17.2. The van der Waals surface area contributed by atoms with Gasteiger partial charge in [-0.25, -0.2) is 0 Å². The lowest BCUT2D eigenvalue weighted by molar-refractivity contribution is -0.137. The zero-order chi connectivity index (χ0) is 16.0. The first-order valence-corrected chi connectivity index (χ1v) is 6.97. The lowest BCUT2D eigenvalue weighted by Crippen LogP contribution is -2.43. The highest BCUT2D eigenvalue weighted by Crippen LogP contribution is 2.13. The summed E-state index contributed by atoms with van der Waals surface area (Å²) in [5.74, 6) is -1.04. The topological polar surface area (TPSA) is 69.6 Å². The number of carboxylic acid groups (broad SMARTS) is 1. The van der Waals surface area contributed by atoms with E-state index in [1.807, 2.05) is 40.1 Å². The SMILES string of the molecule is CN(C)Cc1ccc(C(=O)NC(C)(C)CCC(=O)O)cc1. The van der Waals surface area contributed by atoms with E-state index in [0.717, 1.165) is 12.1 Å². The highest BCUT2D eigenvalue weighted by Gasteiger charge is 2.22. The molecule has 116 valence electrons. The maximum absolute atomic E-state index is 12.2. The van der Waals surface area contributed by atoms with Gasteiger partial charge in [-0.05, 0) is 52.1 Å². The van der Waals surface area contributed by atoms with Gasteiger partial charge in [0.25, 0.3) is 5.91 Å². The van der Waals surface area contributed by atoms with Crippen LogP contribution in [0.3, 0.4) is 0 Å². The fraction of sp³-hybridized carbons (Fsp3) is 0.500. The Morgan fingerprint density at radius 3 is 2.24 bits per heavy atom. The molecule has 0 unspecified atom stereocenters. The number of carbonyl (C=O) groups excluding carboxylic acids is 1. The summed E-state index contributed by atoms with van der Waals surface area (Å²) in [4.78, 5) is 24.8. The van der Waals surface area contributed by atoms with Crippen molar-refractivity contribution >= 4 is 11.9 Å². The van der Waals surface area contributed by atoms with Crippen molar-refractivity contribution in [2.24, 2.45) is 0 Å². The van der Waals surface area contributed by atoms with Gasteiger partial charge in [0.2, 0.25) is 0 Å². The highest BCUT2D eigenvalue weighted by atomic mass is 16.4. The Morgan fingerprint density at radius 1 is 1.19 bits per heavy atom. The van der Waals surface area contributed by atoms with Crippen LogP contribution in [-0.4, -0.2) is 41.5 Å². The molecule has 0 atom stereocenters.